The molecule has 24 heavy (non-hydrogen) atoms. The highest BCUT2D eigenvalue weighted by Crippen LogP contribution is 2.26. The third-order valence-corrected chi connectivity index (χ3v) is 4.83. The lowest BCUT2D eigenvalue weighted by Gasteiger charge is -2.32. The summed E-state index contributed by atoms with van der Waals surface area (Å²) < 4.78 is 0. The van der Waals surface area contributed by atoms with Crippen LogP contribution < -0.4 is 5.32 Å². The average molecular weight is 323 g/mol. The Morgan fingerprint density at radius 1 is 1.29 bits per heavy atom. The van der Waals surface area contributed by atoms with Crippen molar-refractivity contribution in [2.24, 2.45) is 0 Å². The van der Waals surface area contributed by atoms with E-state index >= 15 is 0 Å². The lowest BCUT2D eigenvalue weighted by Crippen LogP contribution is -2.39. The topological polar surface area (TPSA) is 71.0 Å². The van der Waals surface area contributed by atoms with E-state index in [-0.39, 0.29) is 11.8 Å². The Labute approximate surface area is 141 Å². The third kappa shape index (κ3) is 3.01. The van der Waals surface area contributed by atoms with E-state index in [0.29, 0.717) is 12.1 Å². The minimum absolute atomic E-state index is 0.0734. The molecule has 6 heteroatoms. The largest absolute Gasteiger partial charge is 0.338 e. The normalized spacial score (nSPS) is 20.5. The fourth-order valence-corrected chi connectivity index (χ4v) is 3.50. The van der Waals surface area contributed by atoms with Crippen LogP contribution >= 0.6 is 0 Å². The van der Waals surface area contributed by atoms with Gasteiger partial charge in [0.05, 0.1) is 0 Å². The second kappa shape index (κ2) is 6.65. The maximum atomic E-state index is 12.7. The maximum Gasteiger partial charge on any atom is 0.253 e. The first-order valence-corrected chi connectivity index (χ1v) is 8.56. The number of nitrogens with one attached hydrogen (secondary N) is 1. The highest BCUT2D eigenvalue weighted by molar-refractivity contribution is 5.94. The number of likely N-dealkylation sites (tertiary alicyclic amines) is 1. The lowest BCUT2D eigenvalue weighted by molar-refractivity contribution is 0.0704. The number of carbonyl (C=O) groups excluding carboxylic acids is 1. The fraction of sp³-hybridized carbons (Fsp3) is 0.444. The van der Waals surface area contributed by atoms with Crippen LogP contribution in [0.5, 0.6) is 0 Å². The molecule has 0 bridgehead atoms. The molecule has 2 aliphatic rings. The summed E-state index contributed by atoms with van der Waals surface area (Å²) in [5.74, 6) is 1.19. The molecule has 0 spiro atoms. The van der Waals surface area contributed by atoms with Crippen LogP contribution in [0.3, 0.4) is 0 Å². The van der Waals surface area contributed by atoms with Gasteiger partial charge in [0.25, 0.3) is 5.91 Å². The van der Waals surface area contributed by atoms with Crippen LogP contribution in [0.25, 0.3) is 0 Å². The van der Waals surface area contributed by atoms with Gasteiger partial charge in [0.2, 0.25) is 0 Å². The molecule has 124 valence electrons. The fourth-order valence-electron chi connectivity index (χ4n) is 3.50. The molecule has 0 aromatic carbocycles. The van der Waals surface area contributed by atoms with Crippen LogP contribution in [0.1, 0.15) is 46.2 Å². The quantitative estimate of drug-likeness (QED) is 0.908. The van der Waals surface area contributed by atoms with E-state index in [1.165, 1.54) is 5.56 Å². The first-order chi connectivity index (χ1) is 11.8. The van der Waals surface area contributed by atoms with Gasteiger partial charge in [0.15, 0.2) is 0 Å². The summed E-state index contributed by atoms with van der Waals surface area (Å²) in [5.41, 5.74) is 3.06. The van der Waals surface area contributed by atoms with Gasteiger partial charge in [-0.05, 0) is 25.0 Å². The van der Waals surface area contributed by atoms with Crippen molar-refractivity contribution >= 4 is 5.91 Å². The molecule has 2 aromatic heterocycles. The van der Waals surface area contributed by atoms with E-state index in [1.54, 1.807) is 24.5 Å². The summed E-state index contributed by atoms with van der Waals surface area (Å²) in [6.07, 6.45) is 8.26. The summed E-state index contributed by atoms with van der Waals surface area (Å²) in [4.78, 5) is 28.0. The van der Waals surface area contributed by atoms with Gasteiger partial charge >= 0.3 is 0 Å². The molecule has 2 aromatic rings. The number of carbonyl (C=O) groups is 1. The molecular formula is C18H21N5O. The second-order valence-electron chi connectivity index (χ2n) is 6.45. The number of rotatable bonds is 2. The minimum atomic E-state index is 0.0734. The van der Waals surface area contributed by atoms with Crippen molar-refractivity contribution in [2.75, 3.05) is 19.6 Å². The molecule has 0 aliphatic carbocycles. The number of aromatic nitrogens is 3. The van der Waals surface area contributed by atoms with Crippen LogP contribution in [0, 0.1) is 0 Å². The molecule has 0 unspecified atom stereocenters. The van der Waals surface area contributed by atoms with Crippen LogP contribution in [0.2, 0.25) is 0 Å². The van der Waals surface area contributed by atoms with E-state index in [9.17, 15) is 4.79 Å². The van der Waals surface area contributed by atoms with Crippen molar-refractivity contribution in [3.05, 3.63) is 53.4 Å². The summed E-state index contributed by atoms with van der Waals surface area (Å²) >= 11 is 0. The van der Waals surface area contributed by atoms with E-state index in [0.717, 1.165) is 50.4 Å². The minimum Gasteiger partial charge on any atom is -0.338 e. The molecule has 4 rings (SSSR count). The van der Waals surface area contributed by atoms with Gasteiger partial charge in [-0.2, -0.15) is 0 Å². The van der Waals surface area contributed by atoms with Gasteiger partial charge in [-0.1, -0.05) is 0 Å². The third-order valence-electron chi connectivity index (χ3n) is 4.83. The lowest BCUT2D eigenvalue weighted by atomic mass is 9.96. The van der Waals surface area contributed by atoms with Crippen molar-refractivity contribution in [2.45, 2.75) is 31.7 Å². The van der Waals surface area contributed by atoms with Gasteiger partial charge in [0.1, 0.15) is 5.82 Å². The van der Waals surface area contributed by atoms with Gasteiger partial charge in [0, 0.05) is 73.9 Å². The standard InChI is InChI=1S/C18H21N5O/c24-18(13-3-6-19-7-4-13)23-9-1-2-14(12-23)17-21-11-15-10-20-8-5-16(15)22-17/h3-4,6-7,11,14,20H,1-2,5,8-10,12H2/t14-/m1/s1. The Morgan fingerprint density at radius 2 is 2.17 bits per heavy atom. The van der Waals surface area contributed by atoms with Crippen molar-refractivity contribution < 1.29 is 4.79 Å². The Kier molecular flexibility index (Phi) is 4.21. The summed E-state index contributed by atoms with van der Waals surface area (Å²) in [7, 11) is 0. The van der Waals surface area contributed by atoms with Crippen molar-refractivity contribution in [1.29, 1.82) is 0 Å². The predicted molar refractivity (Wildman–Crippen MR) is 89.6 cm³/mol. The monoisotopic (exact) mass is 323 g/mol. The molecule has 1 atom stereocenters. The molecule has 6 nitrogen and oxygen atoms in total. The molecule has 0 radical (unpaired) electrons. The molecule has 1 saturated heterocycles. The molecule has 2 aliphatic heterocycles. The van der Waals surface area contributed by atoms with Gasteiger partial charge in [-0.25, -0.2) is 9.97 Å². The first kappa shape index (κ1) is 15.2. The Hall–Kier alpha value is -2.34. The predicted octanol–water partition coefficient (Wildman–Crippen LogP) is 1.54. The van der Waals surface area contributed by atoms with Crippen molar-refractivity contribution in [3.8, 4) is 0 Å². The number of piperidine rings is 1. The van der Waals surface area contributed by atoms with E-state index in [2.05, 4.69) is 15.3 Å². The highest BCUT2D eigenvalue weighted by Gasteiger charge is 2.27. The molecular weight excluding hydrogens is 302 g/mol. The zero-order valence-electron chi connectivity index (χ0n) is 13.6. The van der Waals surface area contributed by atoms with E-state index in [4.69, 9.17) is 4.98 Å². The van der Waals surface area contributed by atoms with Crippen LogP contribution in [0.4, 0.5) is 0 Å². The zero-order valence-corrected chi connectivity index (χ0v) is 13.6. The number of fused-ring (bicyclic) bond motifs is 1. The van der Waals surface area contributed by atoms with Crippen LogP contribution in [-0.2, 0) is 13.0 Å². The molecule has 0 saturated carbocycles. The molecule has 1 fully saturated rings. The highest BCUT2D eigenvalue weighted by atomic mass is 16.2. The SMILES string of the molecule is O=C(c1ccncc1)N1CCC[C@@H](c2ncc3c(n2)CCNC3)C1. The Bertz CT molecular complexity index is 733. The summed E-state index contributed by atoms with van der Waals surface area (Å²) in [6, 6.07) is 3.54. The Balaban J connectivity index is 1.52. The van der Waals surface area contributed by atoms with Gasteiger partial charge in [-0.3, -0.25) is 9.78 Å². The number of hydrogen-bond acceptors (Lipinski definition) is 5. The first-order valence-electron chi connectivity index (χ1n) is 8.56. The average Bonchev–Trinajstić information content (AvgIpc) is 2.68. The number of nitrogens with zero attached hydrogens (tertiary/aromatic N) is 4. The Morgan fingerprint density at radius 3 is 3.04 bits per heavy atom. The zero-order chi connectivity index (χ0) is 16.4. The maximum absolute atomic E-state index is 12.7. The van der Waals surface area contributed by atoms with E-state index in [1.807, 2.05) is 11.1 Å². The number of amides is 1. The van der Waals surface area contributed by atoms with Crippen molar-refractivity contribution in [3.63, 3.8) is 0 Å². The number of hydrogen-bond donors (Lipinski definition) is 1. The van der Waals surface area contributed by atoms with Gasteiger partial charge in [-0.15, -0.1) is 0 Å². The van der Waals surface area contributed by atoms with Crippen molar-refractivity contribution in [1.82, 2.24) is 25.2 Å². The number of pyridine rings is 1. The molecule has 1 N–H and O–H groups in total. The van der Waals surface area contributed by atoms with Gasteiger partial charge < -0.3 is 10.2 Å². The smallest absolute Gasteiger partial charge is 0.253 e. The summed E-state index contributed by atoms with van der Waals surface area (Å²) in [6.45, 7) is 3.32. The molecule has 4 heterocycles. The summed E-state index contributed by atoms with van der Waals surface area (Å²) in [5, 5.41) is 3.34. The second-order valence-corrected chi connectivity index (χ2v) is 6.45. The van der Waals surface area contributed by atoms with Crippen LogP contribution in [-0.4, -0.2) is 45.4 Å². The van der Waals surface area contributed by atoms with E-state index < -0.39 is 0 Å². The molecule has 1 amide bonds. The van der Waals surface area contributed by atoms with Crippen LogP contribution in [0.15, 0.2) is 30.7 Å².